The number of ether oxygens (including phenoxy) is 1. The summed E-state index contributed by atoms with van der Waals surface area (Å²) in [6, 6.07) is 10.5. The molecule has 2 aromatic carbocycles. The number of carbonyl (C=O) groups is 2. The van der Waals surface area contributed by atoms with Gasteiger partial charge in [-0.05, 0) is 36.8 Å². The quantitative estimate of drug-likeness (QED) is 0.814. The Labute approximate surface area is 161 Å². The number of amides is 2. The number of halogens is 3. The van der Waals surface area contributed by atoms with Crippen LogP contribution in [0.25, 0.3) is 0 Å². The van der Waals surface area contributed by atoms with Crippen LogP contribution in [0.3, 0.4) is 0 Å². The molecule has 0 bridgehead atoms. The molecule has 28 heavy (non-hydrogen) atoms. The molecule has 1 N–H and O–H groups in total. The Morgan fingerprint density at radius 1 is 1.07 bits per heavy atom. The molecule has 1 atom stereocenters. The van der Waals surface area contributed by atoms with E-state index in [1.165, 1.54) is 17.0 Å². The molecule has 0 heterocycles. The first kappa shape index (κ1) is 21.3. The summed E-state index contributed by atoms with van der Waals surface area (Å²) in [5.41, 5.74) is 0.00874. The van der Waals surface area contributed by atoms with Crippen LogP contribution >= 0.6 is 0 Å². The molecule has 0 aromatic heterocycles. The lowest BCUT2D eigenvalue weighted by Gasteiger charge is -2.17. The van der Waals surface area contributed by atoms with Gasteiger partial charge < -0.3 is 15.0 Å². The van der Waals surface area contributed by atoms with Crippen molar-refractivity contribution in [3.63, 3.8) is 0 Å². The summed E-state index contributed by atoms with van der Waals surface area (Å²) in [5.74, 6) is -0.469. The Hall–Kier alpha value is -3.03. The van der Waals surface area contributed by atoms with E-state index in [0.717, 1.165) is 12.1 Å². The Morgan fingerprint density at radius 3 is 2.25 bits per heavy atom. The Morgan fingerprint density at radius 2 is 1.68 bits per heavy atom. The second-order valence-corrected chi connectivity index (χ2v) is 6.39. The van der Waals surface area contributed by atoms with Gasteiger partial charge in [0.15, 0.2) is 6.61 Å². The molecule has 0 saturated heterocycles. The number of nitrogens with zero attached hydrogens (tertiary/aromatic N) is 1. The van der Waals surface area contributed by atoms with E-state index < -0.39 is 23.7 Å². The Balaban J connectivity index is 2.09. The molecule has 2 aromatic rings. The molecule has 0 fully saturated rings. The van der Waals surface area contributed by atoms with E-state index in [9.17, 15) is 22.8 Å². The number of nitrogens with one attached hydrogen (secondary N) is 1. The minimum Gasteiger partial charge on any atom is -0.483 e. The maximum Gasteiger partial charge on any atom is 0.416 e. The number of alkyl halides is 3. The molecule has 5 nitrogen and oxygen atoms in total. The van der Waals surface area contributed by atoms with Gasteiger partial charge in [-0.25, -0.2) is 0 Å². The molecule has 1 unspecified atom stereocenters. The predicted molar refractivity (Wildman–Crippen MR) is 98.0 cm³/mol. The van der Waals surface area contributed by atoms with Crippen LogP contribution < -0.4 is 10.1 Å². The molecule has 2 amide bonds. The van der Waals surface area contributed by atoms with Crippen molar-refractivity contribution < 1.29 is 27.5 Å². The zero-order valence-electron chi connectivity index (χ0n) is 15.7. The van der Waals surface area contributed by atoms with Crippen molar-refractivity contribution in [2.45, 2.75) is 19.1 Å². The maximum absolute atomic E-state index is 12.7. The van der Waals surface area contributed by atoms with Crippen molar-refractivity contribution in [1.29, 1.82) is 0 Å². The Bertz CT molecular complexity index is 833. The van der Waals surface area contributed by atoms with Gasteiger partial charge in [-0.2, -0.15) is 13.2 Å². The first-order chi connectivity index (χ1) is 13.1. The molecule has 0 saturated carbocycles. The lowest BCUT2D eigenvalue weighted by molar-refractivity contribution is -0.137. The standard InChI is InChI=1S/C20H21F3N2O3/c1-13(14-8-10-15(11-9-14)20(21,22)23)24-19(27)16-6-4-5-7-17(16)28-12-18(26)25(2)3/h4-11,13H,12H2,1-3H3,(H,24,27). The van der Waals surface area contributed by atoms with E-state index >= 15 is 0 Å². The summed E-state index contributed by atoms with van der Waals surface area (Å²) in [6.45, 7) is 1.45. The van der Waals surface area contributed by atoms with Gasteiger partial charge in [0.25, 0.3) is 11.8 Å². The highest BCUT2D eigenvalue weighted by atomic mass is 19.4. The second kappa shape index (κ2) is 8.77. The molecule has 2 rings (SSSR count). The van der Waals surface area contributed by atoms with E-state index in [0.29, 0.717) is 5.56 Å². The van der Waals surface area contributed by atoms with Crippen LogP contribution in [0.1, 0.15) is 34.5 Å². The third-order valence-electron chi connectivity index (χ3n) is 4.07. The van der Waals surface area contributed by atoms with Crippen LogP contribution in [-0.4, -0.2) is 37.4 Å². The lowest BCUT2D eigenvalue weighted by atomic mass is 10.1. The van der Waals surface area contributed by atoms with Gasteiger partial charge in [-0.1, -0.05) is 24.3 Å². The molecule has 0 spiro atoms. The smallest absolute Gasteiger partial charge is 0.416 e. The van der Waals surface area contributed by atoms with Gasteiger partial charge in [-0.3, -0.25) is 9.59 Å². The first-order valence-electron chi connectivity index (χ1n) is 8.49. The van der Waals surface area contributed by atoms with Crippen molar-refractivity contribution >= 4 is 11.8 Å². The SMILES string of the molecule is CC(NC(=O)c1ccccc1OCC(=O)N(C)C)c1ccc(C(F)(F)F)cc1. The summed E-state index contributed by atoms with van der Waals surface area (Å²) in [4.78, 5) is 25.6. The van der Waals surface area contributed by atoms with E-state index in [4.69, 9.17) is 4.74 Å². The summed E-state index contributed by atoms with van der Waals surface area (Å²) >= 11 is 0. The maximum atomic E-state index is 12.7. The number of likely N-dealkylation sites (N-methyl/N-ethyl adjacent to an activating group) is 1. The van der Waals surface area contributed by atoms with Crippen molar-refractivity contribution in [2.24, 2.45) is 0 Å². The molecule has 0 radical (unpaired) electrons. The average Bonchev–Trinajstić information content (AvgIpc) is 2.65. The van der Waals surface area contributed by atoms with E-state index in [1.54, 1.807) is 45.3 Å². The Kier molecular flexibility index (Phi) is 6.66. The van der Waals surface area contributed by atoms with Gasteiger partial charge >= 0.3 is 6.18 Å². The van der Waals surface area contributed by atoms with Crippen LogP contribution in [0, 0.1) is 0 Å². The molecular formula is C20H21F3N2O3. The first-order valence-corrected chi connectivity index (χ1v) is 8.49. The third-order valence-corrected chi connectivity index (χ3v) is 4.07. The molecule has 150 valence electrons. The van der Waals surface area contributed by atoms with Crippen LogP contribution in [0.5, 0.6) is 5.75 Å². The average molecular weight is 394 g/mol. The van der Waals surface area contributed by atoms with Gasteiger partial charge in [0.05, 0.1) is 17.2 Å². The van der Waals surface area contributed by atoms with Gasteiger partial charge in [-0.15, -0.1) is 0 Å². The van der Waals surface area contributed by atoms with E-state index in [1.807, 2.05) is 0 Å². The van der Waals surface area contributed by atoms with Gasteiger partial charge in [0.1, 0.15) is 5.75 Å². The van der Waals surface area contributed by atoms with Crippen LogP contribution in [0.15, 0.2) is 48.5 Å². The van der Waals surface area contributed by atoms with Crippen molar-refractivity contribution in [3.05, 3.63) is 65.2 Å². The number of rotatable bonds is 6. The summed E-state index contributed by atoms with van der Waals surface area (Å²) in [6.07, 6.45) is -4.41. The minimum atomic E-state index is -4.41. The minimum absolute atomic E-state index is 0.217. The molecular weight excluding hydrogens is 373 g/mol. The fourth-order valence-electron chi connectivity index (χ4n) is 2.37. The van der Waals surface area contributed by atoms with Gasteiger partial charge in [0.2, 0.25) is 0 Å². The molecule has 0 aliphatic rings. The topological polar surface area (TPSA) is 58.6 Å². The molecule has 0 aliphatic heterocycles. The van der Waals surface area contributed by atoms with Gasteiger partial charge in [0, 0.05) is 14.1 Å². The van der Waals surface area contributed by atoms with Crippen molar-refractivity contribution in [3.8, 4) is 5.75 Å². The van der Waals surface area contributed by atoms with E-state index in [2.05, 4.69) is 5.32 Å². The summed E-state index contributed by atoms with van der Waals surface area (Å²) < 4.78 is 43.4. The highest BCUT2D eigenvalue weighted by Crippen LogP contribution is 2.30. The number of benzene rings is 2. The highest BCUT2D eigenvalue weighted by Gasteiger charge is 2.30. The predicted octanol–water partition coefficient (Wildman–Crippen LogP) is 3.66. The van der Waals surface area contributed by atoms with Crippen LogP contribution in [0.2, 0.25) is 0 Å². The number of carbonyl (C=O) groups excluding carboxylic acids is 2. The van der Waals surface area contributed by atoms with E-state index in [-0.39, 0.29) is 23.8 Å². The molecule has 8 heteroatoms. The van der Waals surface area contributed by atoms with Crippen LogP contribution in [-0.2, 0) is 11.0 Å². The largest absolute Gasteiger partial charge is 0.483 e. The monoisotopic (exact) mass is 394 g/mol. The zero-order chi connectivity index (χ0) is 20.9. The highest BCUT2D eigenvalue weighted by molar-refractivity contribution is 5.97. The van der Waals surface area contributed by atoms with Crippen LogP contribution in [0.4, 0.5) is 13.2 Å². The third kappa shape index (κ3) is 5.48. The lowest BCUT2D eigenvalue weighted by Crippen LogP contribution is -2.29. The second-order valence-electron chi connectivity index (χ2n) is 6.39. The fraction of sp³-hybridized carbons (Fsp3) is 0.300. The zero-order valence-corrected chi connectivity index (χ0v) is 15.7. The normalized spacial score (nSPS) is 12.2. The summed E-state index contributed by atoms with van der Waals surface area (Å²) in [5, 5.41) is 2.73. The summed E-state index contributed by atoms with van der Waals surface area (Å²) in [7, 11) is 3.19. The molecule has 0 aliphatic carbocycles. The van der Waals surface area contributed by atoms with Crippen molar-refractivity contribution in [1.82, 2.24) is 10.2 Å². The van der Waals surface area contributed by atoms with Crippen molar-refractivity contribution in [2.75, 3.05) is 20.7 Å². The number of hydrogen-bond donors (Lipinski definition) is 1. The number of para-hydroxylation sites is 1. The fourth-order valence-corrected chi connectivity index (χ4v) is 2.37. The number of hydrogen-bond acceptors (Lipinski definition) is 3.